The zero-order chi connectivity index (χ0) is 9.26. The van der Waals surface area contributed by atoms with Crippen LogP contribution in [-0.2, 0) is 6.42 Å². The summed E-state index contributed by atoms with van der Waals surface area (Å²) in [6.45, 7) is 2.19. The minimum Gasteiger partial charge on any atom is -0.324 e. The van der Waals surface area contributed by atoms with Gasteiger partial charge in [-0.2, -0.15) is 0 Å². The fourth-order valence-electron chi connectivity index (χ4n) is 1.68. The van der Waals surface area contributed by atoms with Crippen LogP contribution in [0.25, 0.3) is 0 Å². The van der Waals surface area contributed by atoms with Crippen LogP contribution in [-0.4, -0.2) is 5.75 Å². The zero-order valence-electron chi connectivity index (χ0n) is 7.92. The van der Waals surface area contributed by atoms with Crippen LogP contribution in [0.1, 0.15) is 30.5 Å². The summed E-state index contributed by atoms with van der Waals surface area (Å²) < 4.78 is 0. The average molecular weight is 193 g/mol. The van der Waals surface area contributed by atoms with Crippen molar-refractivity contribution in [1.29, 1.82) is 0 Å². The Morgan fingerprint density at radius 2 is 2.38 bits per heavy atom. The Morgan fingerprint density at radius 1 is 1.54 bits per heavy atom. The van der Waals surface area contributed by atoms with Crippen LogP contribution in [0.5, 0.6) is 0 Å². The Balaban J connectivity index is 2.39. The second-order valence-corrected chi connectivity index (χ2v) is 4.61. The first-order chi connectivity index (χ1) is 6.31. The summed E-state index contributed by atoms with van der Waals surface area (Å²) >= 11 is 1.94. The van der Waals surface area contributed by atoms with E-state index >= 15 is 0 Å². The van der Waals surface area contributed by atoms with Gasteiger partial charge in [-0.3, -0.25) is 0 Å². The van der Waals surface area contributed by atoms with E-state index in [2.05, 4.69) is 25.1 Å². The number of thioether (sulfide) groups is 1. The van der Waals surface area contributed by atoms with Crippen molar-refractivity contribution in [3.63, 3.8) is 0 Å². The molecule has 0 aromatic heterocycles. The monoisotopic (exact) mass is 193 g/mol. The van der Waals surface area contributed by atoms with Crippen molar-refractivity contribution in [2.75, 3.05) is 5.75 Å². The van der Waals surface area contributed by atoms with Crippen LogP contribution >= 0.6 is 11.8 Å². The molecule has 1 aliphatic heterocycles. The average Bonchev–Trinajstić information content (AvgIpc) is 2.18. The molecule has 0 saturated heterocycles. The lowest BCUT2D eigenvalue weighted by molar-refractivity contribution is 0.679. The van der Waals surface area contributed by atoms with Crippen molar-refractivity contribution >= 4 is 11.8 Å². The van der Waals surface area contributed by atoms with Gasteiger partial charge in [0.1, 0.15) is 0 Å². The lowest BCUT2D eigenvalue weighted by atomic mass is 10.0. The van der Waals surface area contributed by atoms with Crippen LogP contribution in [0, 0.1) is 0 Å². The molecule has 1 aromatic carbocycles. The van der Waals surface area contributed by atoms with E-state index in [-0.39, 0.29) is 6.04 Å². The first kappa shape index (κ1) is 9.10. The minimum absolute atomic E-state index is 0.266. The highest BCUT2D eigenvalue weighted by atomic mass is 32.2. The van der Waals surface area contributed by atoms with E-state index in [1.165, 1.54) is 21.8 Å². The summed E-state index contributed by atoms with van der Waals surface area (Å²) in [5, 5.41) is 0. The maximum atomic E-state index is 6.02. The van der Waals surface area contributed by atoms with Gasteiger partial charge in [-0.15, -0.1) is 11.8 Å². The Morgan fingerprint density at radius 3 is 3.15 bits per heavy atom. The normalized spacial score (nSPS) is 21.2. The molecular weight excluding hydrogens is 178 g/mol. The molecule has 0 spiro atoms. The summed E-state index contributed by atoms with van der Waals surface area (Å²) in [5.41, 5.74) is 8.78. The summed E-state index contributed by atoms with van der Waals surface area (Å²) in [6, 6.07) is 6.95. The van der Waals surface area contributed by atoms with Gasteiger partial charge in [0.05, 0.1) is 0 Å². The van der Waals surface area contributed by atoms with Crippen LogP contribution < -0.4 is 5.73 Å². The maximum Gasteiger partial charge on any atom is 0.0314 e. The second kappa shape index (κ2) is 3.72. The lowest BCUT2D eigenvalue weighted by Gasteiger charge is -2.21. The van der Waals surface area contributed by atoms with Gasteiger partial charge < -0.3 is 5.73 Å². The Hall–Kier alpha value is -0.470. The van der Waals surface area contributed by atoms with Gasteiger partial charge in [0.15, 0.2) is 0 Å². The third kappa shape index (κ3) is 1.74. The first-order valence-corrected chi connectivity index (χ1v) is 5.81. The molecule has 1 atom stereocenters. The largest absolute Gasteiger partial charge is 0.324 e. The summed E-state index contributed by atoms with van der Waals surface area (Å²) in [4.78, 5) is 1.40. The highest BCUT2D eigenvalue weighted by Gasteiger charge is 2.16. The van der Waals surface area contributed by atoms with E-state index in [0.717, 1.165) is 12.8 Å². The van der Waals surface area contributed by atoms with E-state index in [1.54, 1.807) is 0 Å². The van der Waals surface area contributed by atoms with Crippen molar-refractivity contribution in [1.82, 2.24) is 0 Å². The number of aryl methyl sites for hydroxylation is 1. The van der Waals surface area contributed by atoms with Gasteiger partial charge >= 0.3 is 0 Å². The molecule has 2 rings (SSSR count). The Labute approximate surface area is 83.7 Å². The molecule has 1 nitrogen and oxygen atoms in total. The van der Waals surface area contributed by atoms with Gasteiger partial charge in [0.2, 0.25) is 0 Å². The zero-order valence-corrected chi connectivity index (χ0v) is 8.73. The van der Waals surface area contributed by atoms with Gasteiger partial charge in [-0.1, -0.05) is 19.1 Å². The fraction of sp³-hybridized carbons (Fsp3) is 0.455. The maximum absolute atomic E-state index is 6.02. The Kier molecular flexibility index (Phi) is 2.61. The molecule has 0 unspecified atom stereocenters. The lowest BCUT2D eigenvalue weighted by Crippen LogP contribution is -2.15. The van der Waals surface area contributed by atoms with Gasteiger partial charge in [-0.25, -0.2) is 0 Å². The van der Waals surface area contributed by atoms with Crippen molar-refractivity contribution < 1.29 is 0 Å². The molecule has 2 heteroatoms. The number of hydrogen-bond donors (Lipinski definition) is 1. The molecule has 0 amide bonds. The number of nitrogens with two attached hydrogens (primary N) is 1. The molecule has 1 aliphatic rings. The Bertz CT molecular complexity index is 309. The van der Waals surface area contributed by atoms with Gasteiger partial charge in [-0.05, 0) is 35.8 Å². The molecule has 2 N–H and O–H groups in total. The highest BCUT2D eigenvalue weighted by molar-refractivity contribution is 7.99. The van der Waals surface area contributed by atoms with Crippen molar-refractivity contribution in [3.05, 3.63) is 29.3 Å². The van der Waals surface area contributed by atoms with Crippen molar-refractivity contribution in [2.24, 2.45) is 5.73 Å². The molecule has 0 bridgehead atoms. The first-order valence-electron chi connectivity index (χ1n) is 4.82. The van der Waals surface area contributed by atoms with E-state index in [4.69, 9.17) is 5.73 Å². The molecule has 1 heterocycles. The third-order valence-corrected chi connectivity index (χ3v) is 3.68. The van der Waals surface area contributed by atoms with Crippen molar-refractivity contribution in [2.45, 2.75) is 30.7 Å². The summed E-state index contributed by atoms with van der Waals surface area (Å²) in [7, 11) is 0. The summed E-state index contributed by atoms with van der Waals surface area (Å²) in [5.74, 6) is 1.17. The van der Waals surface area contributed by atoms with Gasteiger partial charge in [0, 0.05) is 10.9 Å². The quantitative estimate of drug-likeness (QED) is 0.742. The van der Waals surface area contributed by atoms with Crippen LogP contribution in [0.3, 0.4) is 0 Å². The predicted molar refractivity (Wildman–Crippen MR) is 58.1 cm³/mol. The van der Waals surface area contributed by atoms with E-state index in [9.17, 15) is 0 Å². The molecule has 0 fully saturated rings. The summed E-state index contributed by atoms with van der Waals surface area (Å²) in [6.07, 6.45) is 2.23. The molecule has 1 aromatic rings. The number of rotatable bonds is 1. The third-order valence-electron chi connectivity index (χ3n) is 2.57. The second-order valence-electron chi connectivity index (χ2n) is 3.47. The topological polar surface area (TPSA) is 26.0 Å². The van der Waals surface area contributed by atoms with E-state index < -0.39 is 0 Å². The smallest absolute Gasteiger partial charge is 0.0314 e. The molecule has 0 aliphatic carbocycles. The van der Waals surface area contributed by atoms with Crippen LogP contribution in [0.4, 0.5) is 0 Å². The minimum atomic E-state index is 0.266. The van der Waals surface area contributed by atoms with E-state index in [0.29, 0.717) is 0 Å². The standard InChI is InChI=1S/C11H15NS/c1-2-8-3-4-9-10(12)5-6-13-11(9)7-8/h3-4,7,10H,2,5-6,12H2,1H3/t10-/m0/s1. The van der Waals surface area contributed by atoms with Crippen LogP contribution in [0.15, 0.2) is 23.1 Å². The molecular formula is C11H15NS. The number of hydrogen-bond acceptors (Lipinski definition) is 2. The number of benzene rings is 1. The van der Waals surface area contributed by atoms with Crippen LogP contribution in [0.2, 0.25) is 0 Å². The fourth-order valence-corrected chi connectivity index (χ4v) is 2.89. The molecule has 13 heavy (non-hydrogen) atoms. The number of fused-ring (bicyclic) bond motifs is 1. The van der Waals surface area contributed by atoms with Gasteiger partial charge in [0.25, 0.3) is 0 Å². The molecule has 0 saturated carbocycles. The SMILES string of the molecule is CCc1ccc2c(c1)SCC[C@@H]2N. The highest BCUT2D eigenvalue weighted by Crippen LogP contribution is 2.35. The molecule has 70 valence electrons. The van der Waals surface area contributed by atoms with Crippen molar-refractivity contribution in [3.8, 4) is 0 Å². The molecule has 0 radical (unpaired) electrons. The van der Waals surface area contributed by atoms with E-state index in [1.807, 2.05) is 11.8 Å². The predicted octanol–water partition coefficient (Wildman–Crippen LogP) is 2.74.